The summed E-state index contributed by atoms with van der Waals surface area (Å²) in [6, 6.07) is 7.59. The number of aromatic nitrogens is 2. The van der Waals surface area contributed by atoms with Gasteiger partial charge in [-0.1, -0.05) is 0 Å². The number of nitrogen functional groups attached to an aromatic ring is 1. The first-order valence-electron chi connectivity index (χ1n) is 8.95. The number of rotatable bonds is 3. The number of nitrogens with zero attached hydrogens (tertiary/aromatic N) is 3. The second-order valence-corrected chi connectivity index (χ2v) is 6.96. The second kappa shape index (κ2) is 6.78. The van der Waals surface area contributed by atoms with Crippen molar-refractivity contribution in [2.24, 2.45) is 5.92 Å². The minimum absolute atomic E-state index is 0.0718. The summed E-state index contributed by atoms with van der Waals surface area (Å²) in [7, 11) is 0. The Labute approximate surface area is 152 Å². The van der Waals surface area contributed by atoms with Gasteiger partial charge < -0.3 is 15.1 Å². The van der Waals surface area contributed by atoms with Gasteiger partial charge in [0.25, 0.3) is 5.91 Å². The van der Waals surface area contributed by atoms with Crippen LogP contribution in [0.1, 0.15) is 34.7 Å². The summed E-state index contributed by atoms with van der Waals surface area (Å²) in [5.74, 6) is 1.76. The van der Waals surface area contributed by atoms with E-state index in [2.05, 4.69) is 9.97 Å². The third-order valence-electron chi connectivity index (χ3n) is 4.98. The molecular weight excluding hydrogens is 328 g/mol. The lowest BCUT2D eigenvalue weighted by molar-refractivity contribution is 0.0673. The molecule has 0 bridgehead atoms. The Morgan fingerprint density at radius 3 is 3.00 bits per heavy atom. The monoisotopic (exact) mass is 350 g/mol. The number of anilines is 1. The van der Waals surface area contributed by atoms with Gasteiger partial charge in [0, 0.05) is 36.4 Å². The van der Waals surface area contributed by atoms with Crippen LogP contribution in [-0.2, 0) is 6.42 Å². The molecule has 6 heteroatoms. The molecule has 1 fully saturated rings. The molecule has 3 heterocycles. The fraction of sp³-hybridized carbons (Fsp3) is 0.350. The van der Waals surface area contributed by atoms with Crippen LogP contribution in [0.3, 0.4) is 0 Å². The maximum absolute atomic E-state index is 13.0. The van der Waals surface area contributed by atoms with E-state index < -0.39 is 0 Å². The highest BCUT2D eigenvalue weighted by atomic mass is 16.3. The van der Waals surface area contributed by atoms with E-state index in [4.69, 9.17) is 10.2 Å². The fourth-order valence-corrected chi connectivity index (χ4v) is 3.72. The number of hydrogen-bond acceptors (Lipinski definition) is 5. The smallest absolute Gasteiger partial charge is 0.253 e. The Morgan fingerprint density at radius 1 is 1.31 bits per heavy atom. The molecule has 1 aliphatic rings. The Bertz CT molecular complexity index is 950. The largest absolute Gasteiger partial charge is 0.461 e. The number of hydrogen-bond donors (Lipinski definition) is 1. The molecular formula is C20H22N4O2. The van der Waals surface area contributed by atoms with E-state index in [1.54, 1.807) is 12.4 Å². The molecule has 0 spiro atoms. The Kier molecular flexibility index (Phi) is 4.32. The van der Waals surface area contributed by atoms with Crippen LogP contribution in [-0.4, -0.2) is 33.9 Å². The molecule has 2 aromatic heterocycles. The topological polar surface area (TPSA) is 85.2 Å². The van der Waals surface area contributed by atoms with Gasteiger partial charge >= 0.3 is 0 Å². The molecule has 3 aromatic rings. The first-order chi connectivity index (χ1) is 12.6. The molecule has 26 heavy (non-hydrogen) atoms. The van der Waals surface area contributed by atoms with Gasteiger partial charge in [0.05, 0.1) is 5.69 Å². The van der Waals surface area contributed by atoms with Crippen LogP contribution in [0.25, 0.3) is 11.0 Å². The minimum atomic E-state index is 0.0718. The van der Waals surface area contributed by atoms with E-state index in [1.165, 1.54) is 0 Å². The van der Waals surface area contributed by atoms with Crippen molar-refractivity contribution in [3.63, 3.8) is 0 Å². The lowest BCUT2D eigenvalue weighted by Crippen LogP contribution is -2.40. The molecule has 0 saturated carbocycles. The van der Waals surface area contributed by atoms with Gasteiger partial charge in [-0.15, -0.1) is 0 Å². The number of fused-ring (bicyclic) bond motifs is 1. The van der Waals surface area contributed by atoms with Gasteiger partial charge in [-0.05, 0) is 56.4 Å². The van der Waals surface area contributed by atoms with Gasteiger partial charge in [-0.2, -0.15) is 0 Å². The third kappa shape index (κ3) is 3.27. The number of furan rings is 1. The molecule has 2 N–H and O–H groups in total. The van der Waals surface area contributed by atoms with Gasteiger partial charge in [0.1, 0.15) is 17.2 Å². The number of piperidine rings is 1. The van der Waals surface area contributed by atoms with Crippen molar-refractivity contribution >= 4 is 22.7 Å². The summed E-state index contributed by atoms with van der Waals surface area (Å²) >= 11 is 0. The van der Waals surface area contributed by atoms with Crippen molar-refractivity contribution in [3.05, 3.63) is 53.7 Å². The summed E-state index contributed by atoms with van der Waals surface area (Å²) in [6.45, 7) is 3.42. The van der Waals surface area contributed by atoms with Crippen LogP contribution in [0.2, 0.25) is 0 Å². The molecule has 0 aliphatic carbocycles. The molecule has 1 atom stereocenters. The predicted molar refractivity (Wildman–Crippen MR) is 99.7 cm³/mol. The number of carbonyl (C=O) groups is 1. The number of likely N-dealkylation sites (tertiary alicyclic amines) is 1. The Morgan fingerprint density at radius 2 is 2.15 bits per heavy atom. The molecule has 6 nitrogen and oxygen atoms in total. The van der Waals surface area contributed by atoms with Crippen LogP contribution in [0, 0.1) is 12.8 Å². The zero-order valence-electron chi connectivity index (χ0n) is 14.8. The van der Waals surface area contributed by atoms with Crippen LogP contribution in [0.5, 0.6) is 0 Å². The number of benzene rings is 1. The first kappa shape index (κ1) is 16.6. The highest BCUT2D eigenvalue weighted by molar-refractivity contribution is 5.97. The average molecular weight is 350 g/mol. The van der Waals surface area contributed by atoms with Crippen LogP contribution < -0.4 is 5.73 Å². The van der Waals surface area contributed by atoms with Gasteiger partial charge in [0.2, 0.25) is 0 Å². The summed E-state index contributed by atoms with van der Waals surface area (Å²) < 4.78 is 5.59. The molecule has 1 saturated heterocycles. The number of aryl methyl sites for hydroxylation is 1. The van der Waals surface area contributed by atoms with Gasteiger partial charge in [-0.25, -0.2) is 4.98 Å². The maximum atomic E-state index is 13.0. The highest BCUT2D eigenvalue weighted by Gasteiger charge is 2.25. The first-order valence-corrected chi connectivity index (χ1v) is 8.95. The van der Waals surface area contributed by atoms with Crippen molar-refractivity contribution in [3.8, 4) is 0 Å². The Balaban J connectivity index is 1.49. The van der Waals surface area contributed by atoms with Crippen molar-refractivity contribution in [1.29, 1.82) is 0 Å². The molecule has 134 valence electrons. The lowest BCUT2D eigenvalue weighted by atomic mass is 9.92. The summed E-state index contributed by atoms with van der Waals surface area (Å²) in [5.41, 5.74) is 8.26. The molecule has 1 aliphatic heterocycles. The number of amides is 1. The van der Waals surface area contributed by atoms with E-state index in [0.29, 0.717) is 17.3 Å². The van der Waals surface area contributed by atoms with Crippen molar-refractivity contribution < 1.29 is 9.21 Å². The van der Waals surface area contributed by atoms with Gasteiger partial charge in [0.15, 0.2) is 0 Å². The molecule has 1 unspecified atom stereocenters. The quantitative estimate of drug-likeness (QED) is 0.784. The van der Waals surface area contributed by atoms with Crippen molar-refractivity contribution in [2.45, 2.75) is 26.2 Å². The number of nitrogens with two attached hydrogens (primary N) is 1. The molecule has 0 radical (unpaired) electrons. The third-order valence-corrected chi connectivity index (χ3v) is 4.98. The minimum Gasteiger partial charge on any atom is -0.461 e. The van der Waals surface area contributed by atoms with Gasteiger partial charge in [-0.3, -0.25) is 9.78 Å². The lowest BCUT2D eigenvalue weighted by Gasteiger charge is -2.33. The summed E-state index contributed by atoms with van der Waals surface area (Å²) in [5, 5.41) is 0.967. The maximum Gasteiger partial charge on any atom is 0.253 e. The fourth-order valence-electron chi connectivity index (χ4n) is 3.72. The van der Waals surface area contributed by atoms with Crippen molar-refractivity contribution in [2.75, 3.05) is 18.8 Å². The van der Waals surface area contributed by atoms with E-state index in [0.717, 1.165) is 54.8 Å². The van der Waals surface area contributed by atoms with Crippen LogP contribution in [0.15, 0.2) is 41.1 Å². The SMILES string of the molecule is Cc1cc2cc(C(=O)N3CCCC(Cc4nccnc4N)C3)ccc2o1. The van der Waals surface area contributed by atoms with E-state index >= 15 is 0 Å². The molecule has 4 rings (SSSR count). The zero-order chi connectivity index (χ0) is 18.1. The second-order valence-electron chi connectivity index (χ2n) is 6.96. The summed E-state index contributed by atoms with van der Waals surface area (Å²) in [6.07, 6.45) is 6.08. The van der Waals surface area contributed by atoms with Crippen LogP contribution in [0.4, 0.5) is 5.82 Å². The van der Waals surface area contributed by atoms with E-state index in [-0.39, 0.29) is 5.91 Å². The average Bonchev–Trinajstić information content (AvgIpc) is 3.02. The zero-order valence-corrected chi connectivity index (χ0v) is 14.8. The Hall–Kier alpha value is -2.89. The van der Waals surface area contributed by atoms with E-state index in [9.17, 15) is 4.79 Å². The number of carbonyl (C=O) groups excluding carboxylic acids is 1. The molecule has 1 amide bonds. The van der Waals surface area contributed by atoms with Crippen molar-refractivity contribution in [1.82, 2.24) is 14.9 Å². The standard InChI is InChI=1S/C20H22N4O2/c1-13-9-16-11-15(4-5-18(16)26-13)20(25)24-8-2-3-14(12-24)10-17-19(21)23-7-6-22-17/h4-7,9,11,14H,2-3,8,10,12H2,1H3,(H2,21,23). The molecule has 1 aromatic carbocycles. The predicted octanol–water partition coefficient (Wildman–Crippen LogP) is 3.21. The highest BCUT2D eigenvalue weighted by Crippen LogP contribution is 2.25. The summed E-state index contributed by atoms with van der Waals surface area (Å²) in [4.78, 5) is 23.3. The van der Waals surface area contributed by atoms with E-state index in [1.807, 2.05) is 36.1 Å². The normalized spacial score (nSPS) is 17.6. The van der Waals surface area contributed by atoms with Crippen LogP contribution >= 0.6 is 0 Å².